The first-order chi connectivity index (χ1) is 9.06. The number of carboxylic acid groups (broad SMARTS) is 1. The van der Waals surface area contributed by atoms with Crippen LogP contribution in [0.25, 0.3) is 0 Å². The lowest BCUT2D eigenvalue weighted by Gasteiger charge is -2.56. The van der Waals surface area contributed by atoms with Gasteiger partial charge in [0.2, 0.25) is 0 Å². The number of ether oxygens (including phenoxy) is 1. The smallest absolute Gasteiger partial charge is 0.314 e. The van der Waals surface area contributed by atoms with E-state index in [2.05, 4.69) is 0 Å². The number of nitrogens with two attached hydrogens (primary N) is 1. The Bertz CT molecular complexity index is 498. The molecule has 1 aliphatic heterocycles. The fourth-order valence-electron chi connectivity index (χ4n) is 3.70. The molecular formula is C15H19NO3. The van der Waals surface area contributed by atoms with E-state index in [0.717, 1.165) is 31.6 Å². The Morgan fingerprint density at radius 2 is 1.95 bits per heavy atom. The van der Waals surface area contributed by atoms with E-state index in [1.165, 1.54) is 0 Å². The zero-order chi connectivity index (χ0) is 13.5. The maximum absolute atomic E-state index is 11.8. The average molecular weight is 261 g/mol. The minimum atomic E-state index is -0.743. The number of nitrogen functional groups attached to an aromatic ring is 1. The van der Waals surface area contributed by atoms with E-state index in [9.17, 15) is 9.90 Å². The lowest BCUT2D eigenvalue weighted by molar-refractivity contribution is -0.160. The fourth-order valence-corrected chi connectivity index (χ4v) is 3.70. The number of hydrogen-bond acceptors (Lipinski definition) is 3. The Labute approximate surface area is 112 Å². The van der Waals surface area contributed by atoms with Gasteiger partial charge in [0, 0.05) is 18.9 Å². The topological polar surface area (TPSA) is 72.6 Å². The molecular weight excluding hydrogens is 242 g/mol. The van der Waals surface area contributed by atoms with Crippen LogP contribution in [0.1, 0.15) is 31.2 Å². The summed E-state index contributed by atoms with van der Waals surface area (Å²) in [5.74, 6) is -0.727. The molecule has 1 aliphatic carbocycles. The minimum Gasteiger partial charge on any atom is -0.481 e. The normalized spacial score (nSPS) is 23.8. The second kappa shape index (κ2) is 4.23. The average Bonchev–Trinajstić information content (AvgIpc) is 2.36. The van der Waals surface area contributed by atoms with Crippen molar-refractivity contribution in [1.29, 1.82) is 0 Å². The van der Waals surface area contributed by atoms with Gasteiger partial charge in [-0.1, -0.05) is 12.1 Å². The molecule has 1 saturated heterocycles. The van der Waals surface area contributed by atoms with Gasteiger partial charge in [-0.25, -0.2) is 0 Å². The van der Waals surface area contributed by atoms with E-state index in [1.54, 1.807) is 12.1 Å². The summed E-state index contributed by atoms with van der Waals surface area (Å²) in [6, 6.07) is 7.32. The van der Waals surface area contributed by atoms with Crippen LogP contribution in [0.5, 0.6) is 0 Å². The monoisotopic (exact) mass is 261 g/mol. The van der Waals surface area contributed by atoms with Gasteiger partial charge >= 0.3 is 5.97 Å². The molecule has 2 fully saturated rings. The van der Waals surface area contributed by atoms with Crippen molar-refractivity contribution in [3.05, 3.63) is 29.8 Å². The van der Waals surface area contributed by atoms with E-state index < -0.39 is 11.4 Å². The van der Waals surface area contributed by atoms with Crippen LogP contribution in [-0.4, -0.2) is 24.3 Å². The summed E-state index contributed by atoms with van der Waals surface area (Å²) in [4.78, 5) is 11.8. The van der Waals surface area contributed by atoms with E-state index in [-0.39, 0.29) is 5.41 Å². The van der Waals surface area contributed by atoms with Crippen LogP contribution < -0.4 is 5.73 Å². The van der Waals surface area contributed by atoms with Crippen LogP contribution >= 0.6 is 0 Å². The van der Waals surface area contributed by atoms with Crippen LogP contribution in [0.15, 0.2) is 24.3 Å². The van der Waals surface area contributed by atoms with Crippen molar-refractivity contribution in [2.24, 2.45) is 5.41 Å². The van der Waals surface area contributed by atoms with Crippen LogP contribution in [0.4, 0.5) is 5.69 Å². The highest BCUT2D eigenvalue weighted by molar-refractivity contribution is 5.83. The molecule has 1 heterocycles. The van der Waals surface area contributed by atoms with Gasteiger partial charge in [0.25, 0.3) is 0 Å². The molecule has 1 aromatic carbocycles. The van der Waals surface area contributed by atoms with Crippen LogP contribution in [0.3, 0.4) is 0 Å². The van der Waals surface area contributed by atoms with Crippen molar-refractivity contribution in [3.63, 3.8) is 0 Å². The van der Waals surface area contributed by atoms with Crippen LogP contribution in [-0.2, 0) is 14.9 Å². The molecule has 2 aliphatic rings. The van der Waals surface area contributed by atoms with Gasteiger partial charge in [-0.05, 0) is 48.8 Å². The van der Waals surface area contributed by atoms with Gasteiger partial charge in [-0.2, -0.15) is 0 Å². The largest absolute Gasteiger partial charge is 0.481 e. The summed E-state index contributed by atoms with van der Waals surface area (Å²) >= 11 is 0. The highest BCUT2D eigenvalue weighted by Gasteiger charge is 2.59. The molecule has 102 valence electrons. The summed E-state index contributed by atoms with van der Waals surface area (Å²) in [6.07, 6.45) is 3.37. The standard InChI is InChI=1S/C15H19NO3/c16-12-3-1-2-11(8-12)15(13(17)18)9-14(10-15)4-6-19-7-5-14/h1-3,8H,4-7,9-10,16H2,(H,17,18). The zero-order valence-electron chi connectivity index (χ0n) is 10.9. The molecule has 0 bridgehead atoms. The van der Waals surface area contributed by atoms with Crippen LogP contribution in [0, 0.1) is 5.41 Å². The van der Waals surface area contributed by atoms with E-state index in [0.29, 0.717) is 18.5 Å². The van der Waals surface area contributed by atoms with Gasteiger partial charge in [0.05, 0.1) is 5.41 Å². The number of hydrogen-bond donors (Lipinski definition) is 2. The van der Waals surface area contributed by atoms with E-state index >= 15 is 0 Å². The summed E-state index contributed by atoms with van der Waals surface area (Å²) in [5.41, 5.74) is 6.69. The first-order valence-corrected chi connectivity index (χ1v) is 6.74. The molecule has 1 aromatic rings. The molecule has 1 spiro atoms. The maximum atomic E-state index is 11.8. The lowest BCUT2D eigenvalue weighted by Crippen LogP contribution is -2.56. The predicted molar refractivity (Wildman–Crippen MR) is 71.9 cm³/mol. The molecule has 0 radical (unpaired) electrons. The summed E-state index contributed by atoms with van der Waals surface area (Å²) < 4.78 is 5.39. The first kappa shape index (κ1) is 12.5. The van der Waals surface area contributed by atoms with Crippen molar-refractivity contribution in [3.8, 4) is 0 Å². The van der Waals surface area contributed by atoms with Gasteiger partial charge in [0.15, 0.2) is 0 Å². The number of anilines is 1. The Morgan fingerprint density at radius 1 is 1.26 bits per heavy atom. The van der Waals surface area contributed by atoms with Crippen molar-refractivity contribution in [1.82, 2.24) is 0 Å². The summed E-state index contributed by atoms with van der Waals surface area (Å²) in [6.45, 7) is 1.51. The molecule has 3 N–H and O–H groups in total. The number of rotatable bonds is 2. The third kappa shape index (κ3) is 1.91. The third-order valence-corrected chi connectivity index (χ3v) is 4.76. The third-order valence-electron chi connectivity index (χ3n) is 4.76. The maximum Gasteiger partial charge on any atom is 0.314 e. The lowest BCUT2D eigenvalue weighted by atomic mass is 9.48. The Balaban J connectivity index is 1.89. The molecule has 4 heteroatoms. The minimum absolute atomic E-state index is 0.168. The Hall–Kier alpha value is -1.55. The highest BCUT2D eigenvalue weighted by Crippen LogP contribution is 2.60. The number of benzene rings is 1. The number of carboxylic acids is 1. The van der Waals surface area contributed by atoms with Crippen molar-refractivity contribution in [2.75, 3.05) is 18.9 Å². The van der Waals surface area contributed by atoms with E-state index in [1.807, 2.05) is 12.1 Å². The van der Waals surface area contributed by atoms with Gasteiger partial charge in [-0.3, -0.25) is 4.79 Å². The van der Waals surface area contributed by atoms with E-state index in [4.69, 9.17) is 10.5 Å². The SMILES string of the molecule is Nc1cccc(C2(C(=O)O)CC3(CCOCC3)C2)c1. The summed E-state index contributed by atoms with van der Waals surface area (Å²) in [5, 5.41) is 9.67. The molecule has 0 amide bonds. The van der Waals surface area contributed by atoms with Crippen molar-refractivity contribution in [2.45, 2.75) is 31.1 Å². The van der Waals surface area contributed by atoms with Crippen molar-refractivity contribution >= 4 is 11.7 Å². The second-order valence-corrected chi connectivity index (χ2v) is 5.98. The summed E-state index contributed by atoms with van der Waals surface area (Å²) in [7, 11) is 0. The molecule has 3 rings (SSSR count). The quantitative estimate of drug-likeness (QED) is 0.800. The first-order valence-electron chi connectivity index (χ1n) is 6.74. The Morgan fingerprint density at radius 3 is 2.53 bits per heavy atom. The zero-order valence-corrected chi connectivity index (χ0v) is 10.9. The fraction of sp³-hybridized carbons (Fsp3) is 0.533. The molecule has 1 saturated carbocycles. The molecule has 0 unspecified atom stereocenters. The number of aliphatic carboxylic acids is 1. The molecule has 19 heavy (non-hydrogen) atoms. The second-order valence-electron chi connectivity index (χ2n) is 5.98. The van der Waals surface area contributed by atoms with Gasteiger partial charge < -0.3 is 15.6 Å². The van der Waals surface area contributed by atoms with Gasteiger partial charge in [-0.15, -0.1) is 0 Å². The molecule has 4 nitrogen and oxygen atoms in total. The van der Waals surface area contributed by atoms with Gasteiger partial charge in [0.1, 0.15) is 0 Å². The predicted octanol–water partition coefficient (Wildman–Crippen LogP) is 2.18. The highest BCUT2D eigenvalue weighted by atomic mass is 16.5. The number of carbonyl (C=O) groups is 1. The Kier molecular flexibility index (Phi) is 2.78. The molecule has 0 atom stereocenters. The van der Waals surface area contributed by atoms with Crippen molar-refractivity contribution < 1.29 is 14.6 Å². The molecule has 0 aromatic heterocycles. The van der Waals surface area contributed by atoms with Crippen LogP contribution in [0.2, 0.25) is 0 Å².